The zero-order chi connectivity index (χ0) is 28.1. The van der Waals surface area contributed by atoms with Gasteiger partial charge in [-0.25, -0.2) is 0 Å². The number of aryl methyl sites for hydroxylation is 1. The molecule has 0 saturated heterocycles. The van der Waals surface area contributed by atoms with E-state index in [4.69, 9.17) is 16.3 Å². The maximum absolute atomic E-state index is 12.6. The average Bonchev–Trinajstić information content (AvgIpc) is 2.94. The Bertz CT molecular complexity index is 1250. The van der Waals surface area contributed by atoms with Crippen molar-refractivity contribution in [1.29, 1.82) is 0 Å². The van der Waals surface area contributed by atoms with Crippen molar-refractivity contribution in [2.24, 2.45) is 5.41 Å². The third-order valence-corrected chi connectivity index (χ3v) is 7.17. The van der Waals surface area contributed by atoms with Gasteiger partial charge >= 0.3 is 5.97 Å². The molecular weight excluding hydrogens is 512 g/mol. The molecule has 1 aromatic heterocycles. The first kappa shape index (κ1) is 30.1. The number of carboxylic acid groups (broad SMARTS) is 1. The van der Waals surface area contributed by atoms with Gasteiger partial charge in [0.1, 0.15) is 0 Å². The van der Waals surface area contributed by atoms with E-state index in [0.29, 0.717) is 31.7 Å². The van der Waals surface area contributed by atoms with Crippen molar-refractivity contribution in [3.63, 3.8) is 0 Å². The lowest BCUT2D eigenvalue weighted by atomic mass is 9.79. The summed E-state index contributed by atoms with van der Waals surface area (Å²) in [5.74, 6) is -1.24. The number of carboxylic acids is 1. The molecular formula is C32H37ClN2O4. The van der Waals surface area contributed by atoms with Crippen LogP contribution in [-0.4, -0.2) is 28.6 Å². The summed E-state index contributed by atoms with van der Waals surface area (Å²) in [6.07, 6.45) is 7.62. The number of carbonyl (C=O) groups excluding carboxylic acids is 1. The van der Waals surface area contributed by atoms with Crippen LogP contribution in [0.4, 0.5) is 5.69 Å². The SMILES string of the molecule is CCC(CC)(CC(=O)Nc1cccc(/C=C/c2cccc(COCCCCc3ccc(Cl)cc3)n2)c1)C(=O)O. The summed E-state index contributed by atoms with van der Waals surface area (Å²) in [5.41, 5.74) is 3.43. The van der Waals surface area contributed by atoms with Crippen molar-refractivity contribution in [2.75, 3.05) is 11.9 Å². The number of pyridine rings is 1. The van der Waals surface area contributed by atoms with Crippen molar-refractivity contribution in [3.05, 3.63) is 94.3 Å². The highest BCUT2D eigenvalue weighted by Gasteiger charge is 2.37. The number of carbonyl (C=O) groups is 2. The zero-order valence-corrected chi connectivity index (χ0v) is 23.4. The highest BCUT2D eigenvalue weighted by atomic mass is 35.5. The standard InChI is InChI=1S/C32H37ClN2O4/c1-3-32(4-2,31(37)38)22-30(36)35-28-12-7-10-25(21-28)16-19-27-11-8-13-29(34-27)23-39-20-6-5-9-24-14-17-26(33)18-15-24/h7-8,10-19,21H,3-6,9,20,22-23H2,1-2H3,(H,35,36)(H,37,38)/b19-16+. The lowest BCUT2D eigenvalue weighted by molar-refractivity contribution is -0.151. The third kappa shape index (κ3) is 9.65. The lowest BCUT2D eigenvalue weighted by Crippen LogP contribution is -2.34. The number of hydrogen-bond donors (Lipinski definition) is 2. The molecule has 0 saturated carbocycles. The minimum absolute atomic E-state index is 0.0590. The van der Waals surface area contributed by atoms with Crippen molar-refractivity contribution < 1.29 is 19.4 Å². The molecule has 0 aliphatic heterocycles. The van der Waals surface area contributed by atoms with E-state index in [0.717, 1.165) is 41.2 Å². The molecule has 1 heterocycles. The van der Waals surface area contributed by atoms with E-state index >= 15 is 0 Å². The van der Waals surface area contributed by atoms with Crippen LogP contribution in [0.3, 0.4) is 0 Å². The van der Waals surface area contributed by atoms with Gasteiger partial charge in [0.2, 0.25) is 5.91 Å². The predicted octanol–water partition coefficient (Wildman–Crippen LogP) is 7.66. The second-order valence-corrected chi connectivity index (χ2v) is 10.1. The Balaban J connectivity index is 1.48. The minimum atomic E-state index is -1.04. The van der Waals surface area contributed by atoms with Crippen molar-refractivity contribution in [1.82, 2.24) is 4.98 Å². The van der Waals surface area contributed by atoms with Gasteiger partial charge in [-0.1, -0.05) is 61.9 Å². The van der Waals surface area contributed by atoms with Gasteiger partial charge in [0.25, 0.3) is 0 Å². The molecule has 206 valence electrons. The second kappa shape index (κ2) is 15.2. The number of anilines is 1. The Hall–Kier alpha value is -3.48. The number of rotatable bonds is 15. The van der Waals surface area contributed by atoms with Crippen LogP contribution in [0, 0.1) is 5.41 Å². The third-order valence-electron chi connectivity index (χ3n) is 6.92. The number of nitrogens with one attached hydrogen (secondary N) is 1. The summed E-state index contributed by atoms with van der Waals surface area (Å²) in [4.78, 5) is 29.0. The lowest BCUT2D eigenvalue weighted by Gasteiger charge is -2.25. The van der Waals surface area contributed by atoms with Crippen LogP contribution in [0.5, 0.6) is 0 Å². The molecule has 0 spiro atoms. The first-order chi connectivity index (χ1) is 18.8. The normalized spacial score (nSPS) is 11.6. The van der Waals surface area contributed by atoms with Crippen LogP contribution in [0.2, 0.25) is 5.02 Å². The number of aromatic nitrogens is 1. The van der Waals surface area contributed by atoms with Crippen molar-refractivity contribution in [3.8, 4) is 0 Å². The molecule has 2 aromatic carbocycles. The number of aliphatic carboxylic acids is 1. The summed E-state index contributed by atoms with van der Waals surface area (Å²) in [6, 6.07) is 21.2. The molecule has 0 bridgehead atoms. The highest BCUT2D eigenvalue weighted by Crippen LogP contribution is 2.31. The molecule has 39 heavy (non-hydrogen) atoms. The number of amides is 1. The molecule has 0 aliphatic rings. The van der Waals surface area contributed by atoms with E-state index in [1.165, 1.54) is 5.56 Å². The van der Waals surface area contributed by atoms with Gasteiger partial charge in [-0.3, -0.25) is 14.6 Å². The van der Waals surface area contributed by atoms with Gasteiger partial charge in [0.15, 0.2) is 0 Å². The van der Waals surface area contributed by atoms with Gasteiger partial charge in [0.05, 0.1) is 23.4 Å². The van der Waals surface area contributed by atoms with E-state index in [-0.39, 0.29) is 12.3 Å². The molecule has 0 fully saturated rings. The summed E-state index contributed by atoms with van der Waals surface area (Å²) in [6.45, 7) is 4.74. The highest BCUT2D eigenvalue weighted by molar-refractivity contribution is 6.30. The first-order valence-corrected chi connectivity index (χ1v) is 13.8. The van der Waals surface area contributed by atoms with Crippen LogP contribution < -0.4 is 5.32 Å². The molecule has 0 unspecified atom stereocenters. The topological polar surface area (TPSA) is 88.5 Å². The molecule has 6 nitrogen and oxygen atoms in total. The van der Waals surface area contributed by atoms with Crippen molar-refractivity contribution >= 4 is 41.3 Å². The van der Waals surface area contributed by atoms with Crippen LogP contribution in [0.25, 0.3) is 12.2 Å². The van der Waals surface area contributed by atoms with Crippen LogP contribution in [0.15, 0.2) is 66.7 Å². The van der Waals surface area contributed by atoms with Crippen LogP contribution >= 0.6 is 11.6 Å². The average molecular weight is 549 g/mol. The monoisotopic (exact) mass is 548 g/mol. The van der Waals surface area contributed by atoms with Crippen LogP contribution in [-0.2, 0) is 27.4 Å². The van der Waals surface area contributed by atoms with E-state index in [2.05, 4.69) is 22.4 Å². The van der Waals surface area contributed by atoms with Crippen molar-refractivity contribution in [2.45, 2.75) is 59.0 Å². The molecule has 3 aromatic rings. The fourth-order valence-electron chi connectivity index (χ4n) is 4.32. The maximum atomic E-state index is 12.6. The molecule has 0 atom stereocenters. The van der Waals surface area contributed by atoms with Gasteiger partial charge in [-0.2, -0.15) is 0 Å². The number of halogens is 1. The molecule has 2 N–H and O–H groups in total. The molecule has 0 aliphatic carbocycles. The van der Waals surface area contributed by atoms with Gasteiger partial charge in [0, 0.05) is 23.7 Å². The largest absolute Gasteiger partial charge is 0.481 e. The summed E-state index contributed by atoms with van der Waals surface area (Å²) >= 11 is 5.93. The Morgan fingerprint density at radius 1 is 1.00 bits per heavy atom. The summed E-state index contributed by atoms with van der Waals surface area (Å²) < 4.78 is 5.83. The summed E-state index contributed by atoms with van der Waals surface area (Å²) in [7, 11) is 0. The van der Waals surface area contributed by atoms with E-state index in [1.807, 2.05) is 60.7 Å². The smallest absolute Gasteiger partial charge is 0.310 e. The first-order valence-electron chi connectivity index (χ1n) is 13.4. The second-order valence-electron chi connectivity index (χ2n) is 9.67. The van der Waals surface area contributed by atoms with E-state index < -0.39 is 11.4 Å². The van der Waals surface area contributed by atoms with E-state index in [9.17, 15) is 14.7 Å². The number of unbranched alkanes of at least 4 members (excludes halogenated alkanes) is 1. The Labute approximate surface area is 236 Å². The Morgan fingerprint density at radius 3 is 2.46 bits per heavy atom. The van der Waals surface area contributed by atoms with Gasteiger partial charge < -0.3 is 15.2 Å². The van der Waals surface area contributed by atoms with Gasteiger partial charge in [-0.15, -0.1) is 0 Å². The molecule has 3 rings (SSSR count). The van der Waals surface area contributed by atoms with Crippen LogP contribution in [0.1, 0.15) is 68.5 Å². The number of hydrogen-bond acceptors (Lipinski definition) is 4. The Kier molecular flexibility index (Phi) is 11.7. The fourth-order valence-corrected chi connectivity index (χ4v) is 4.45. The molecule has 1 amide bonds. The Morgan fingerprint density at radius 2 is 1.74 bits per heavy atom. The minimum Gasteiger partial charge on any atom is -0.481 e. The number of ether oxygens (including phenoxy) is 1. The number of nitrogens with zero attached hydrogens (tertiary/aromatic N) is 1. The number of benzene rings is 2. The molecule has 0 radical (unpaired) electrons. The quantitative estimate of drug-likeness (QED) is 0.190. The predicted molar refractivity (Wildman–Crippen MR) is 158 cm³/mol. The van der Waals surface area contributed by atoms with Gasteiger partial charge in [-0.05, 0) is 85.7 Å². The summed E-state index contributed by atoms with van der Waals surface area (Å²) in [5, 5.41) is 13.2. The zero-order valence-electron chi connectivity index (χ0n) is 22.7. The molecule has 7 heteroatoms. The van der Waals surface area contributed by atoms with E-state index in [1.54, 1.807) is 19.9 Å². The maximum Gasteiger partial charge on any atom is 0.310 e. The fraction of sp³-hybridized carbons (Fsp3) is 0.344.